The number of rotatable bonds is 5. The van der Waals surface area contributed by atoms with Crippen molar-refractivity contribution in [1.29, 1.82) is 0 Å². The predicted octanol–water partition coefficient (Wildman–Crippen LogP) is 3.47. The van der Waals surface area contributed by atoms with E-state index in [1.807, 2.05) is 37.3 Å². The van der Waals surface area contributed by atoms with Crippen molar-refractivity contribution < 1.29 is 8.42 Å². The van der Waals surface area contributed by atoms with Crippen LogP contribution in [0.15, 0.2) is 48.5 Å². The van der Waals surface area contributed by atoms with Gasteiger partial charge in [-0.2, -0.15) is 0 Å². The average molecular weight is 325 g/mol. The second-order valence-corrected chi connectivity index (χ2v) is 7.11. The van der Waals surface area contributed by atoms with Gasteiger partial charge in [0.15, 0.2) is 0 Å². The van der Waals surface area contributed by atoms with Crippen molar-refractivity contribution in [3.05, 3.63) is 59.1 Å². The van der Waals surface area contributed by atoms with Crippen LogP contribution < -0.4 is 10.5 Å². The van der Waals surface area contributed by atoms with Crippen LogP contribution in [0, 0.1) is 0 Å². The third kappa shape index (κ3) is 4.37. The fourth-order valence-electron chi connectivity index (χ4n) is 2.04. The molecule has 1 unspecified atom stereocenters. The molecule has 0 bridgehead atoms. The van der Waals surface area contributed by atoms with Crippen LogP contribution in [-0.4, -0.2) is 14.2 Å². The van der Waals surface area contributed by atoms with Crippen LogP contribution in [0.1, 0.15) is 18.4 Å². The van der Waals surface area contributed by atoms with Crippen LogP contribution in [0.5, 0.6) is 0 Å². The maximum absolute atomic E-state index is 12.2. The van der Waals surface area contributed by atoms with Crippen LogP contribution in [0.2, 0.25) is 5.02 Å². The molecule has 2 aromatic rings. The fourth-order valence-corrected chi connectivity index (χ4v) is 3.57. The van der Waals surface area contributed by atoms with Gasteiger partial charge in [0.1, 0.15) is 0 Å². The Kier molecular flexibility index (Phi) is 4.75. The molecule has 2 rings (SSSR count). The number of nitrogens with one attached hydrogen (secondary N) is 1. The van der Waals surface area contributed by atoms with Gasteiger partial charge in [0, 0.05) is 0 Å². The molecule has 0 amide bonds. The number of nitrogens with two attached hydrogens (primary N) is 1. The van der Waals surface area contributed by atoms with Crippen molar-refractivity contribution in [3.63, 3.8) is 0 Å². The minimum absolute atomic E-state index is 0.000452. The Hall–Kier alpha value is -1.72. The zero-order valence-electron chi connectivity index (χ0n) is 11.6. The highest BCUT2D eigenvalue weighted by Crippen LogP contribution is 2.24. The topological polar surface area (TPSA) is 72.2 Å². The fraction of sp³-hybridized carbons (Fsp3) is 0.200. The van der Waals surface area contributed by atoms with Crippen LogP contribution >= 0.6 is 11.6 Å². The van der Waals surface area contributed by atoms with Crippen LogP contribution in [0.25, 0.3) is 0 Å². The third-order valence-electron chi connectivity index (χ3n) is 3.11. The number of anilines is 2. The Morgan fingerprint density at radius 3 is 2.48 bits per heavy atom. The normalized spacial score (nSPS) is 12.9. The van der Waals surface area contributed by atoms with E-state index in [4.69, 9.17) is 17.3 Å². The molecule has 0 heterocycles. The highest BCUT2D eigenvalue weighted by molar-refractivity contribution is 7.92. The zero-order valence-corrected chi connectivity index (χ0v) is 13.2. The number of sulfonamides is 1. The minimum atomic E-state index is -3.46. The van der Waals surface area contributed by atoms with Gasteiger partial charge < -0.3 is 5.73 Å². The second kappa shape index (κ2) is 6.37. The molecule has 0 fully saturated rings. The minimum Gasteiger partial charge on any atom is -0.397 e. The van der Waals surface area contributed by atoms with E-state index in [-0.39, 0.29) is 11.7 Å². The lowest BCUT2D eigenvalue weighted by Gasteiger charge is -2.14. The van der Waals surface area contributed by atoms with Crippen molar-refractivity contribution in [2.75, 3.05) is 16.2 Å². The van der Waals surface area contributed by atoms with Crippen molar-refractivity contribution in [3.8, 4) is 0 Å². The first-order valence-corrected chi connectivity index (χ1v) is 8.51. The zero-order chi connectivity index (χ0) is 15.5. The molecule has 0 aliphatic carbocycles. The molecule has 0 saturated heterocycles. The van der Waals surface area contributed by atoms with Gasteiger partial charge in [-0.25, -0.2) is 8.42 Å². The Balaban J connectivity index is 2.10. The van der Waals surface area contributed by atoms with Gasteiger partial charge >= 0.3 is 0 Å². The third-order valence-corrected chi connectivity index (χ3v) is 4.94. The maximum atomic E-state index is 12.2. The van der Waals surface area contributed by atoms with Gasteiger partial charge in [-0.3, -0.25) is 4.72 Å². The van der Waals surface area contributed by atoms with Gasteiger partial charge in [-0.1, -0.05) is 48.9 Å². The largest absolute Gasteiger partial charge is 0.397 e. The highest BCUT2D eigenvalue weighted by Gasteiger charge is 2.17. The van der Waals surface area contributed by atoms with E-state index in [1.54, 1.807) is 12.1 Å². The van der Waals surface area contributed by atoms with E-state index in [1.165, 1.54) is 6.07 Å². The van der Waals surface area contributed by atoms with Gasteiger partial charge in [0.2, 0.25) is 10.0 Å². The SMILES string of the molecule is CC(CS(=O)(=O)Nc1ccc(Cl)c(N)c1)c1ccccc1. The van der Waals surface area contributed by atoms with E-state index in [0.717, 1.165) is 5.56 Å². The van der Waals surface area contributed by atoms with Crippen molar-refractivity contribution in [2.45, 2.75) is 12.8 Å². The molecule has 112 valence electrons. The van der Waals surface area contributed by atoms with Crippen LogP contribution in [-0.2, 0) is 10.0 Å². The first-order valence-electron chi connectivity index (χ1n) is 6.48. The maximum Gasteiger partial charge on any atom is 0.233 e. The smallest absolute Gasteiger partial charge is 0.233 e. The van der Waals surface area contributed by atoms with Crippen molar-refractivity contribution in [2.24, 2.45) is 0 Å². The summed E-state index contributed by atoms with van der Waals surface area (Å²) in [5, 5.41) is 0.399. The molecule has 0 aliphatic heterocycles. The van der Waals surface area contributed by atoms with Crippen LogP contribution in [0.3, 0.4) is 0 Å². The first-order chi connectivity index (χ1) is 9.87. The molecule has 6 heteroatoms. The van der Waals surface area contributed by atoms with Crippen LogP contribution in [0.4, 0.5) is 11.4 Å². The van der Waals surface area contributed by atoms with E-state index in [2.05, 4.69) is 4.72 Å². The van der Waals surface area contributed by atoms with Gasteiger partial charge in [-0.05, 0) is 29.7 Å². The van der Waals surface area contributed by atoms with Crippen molar-refractivity contribution >= 4 is 33.0 Å². The summed E-state index contributed by atoms with van der Waals surface area (Å²) >= 11 is 5.81. The summed E-state index contributed by atoms with van der Waals surface area (Å²) in [6, 6.07) is 14.2. The summed E-state index contributed by atoms with van der Waals surface area (Å²) in [6.07, 6.45) is 0. The lowest BCUT2D eigenvalue weighted by Crippen LogP contribution is -2.20. The molecular formula is C15H17ClN2O2S. The highest BCUT2D eigenvalue weighted by atomic mass is 35.5. The molecule has 0 saturated carbocycles. The lowest BCUT2D eigenvalue weighted by molar-refractivity contribution is 0.595. The molecule has 0 radical (unpaired) electrons. The first kappa shape index (κ1) is 15.7. The van der Waals surface area contributed by atoms with E-state index >= 15 is 0 Å². The van der Waals surface area contributed by atoms with Gasteiger partial charge in [-0.15, -0.1) is 0 Å². The Bertz CT molecular complexity index is 718. The second-order valence-electron chi connectivity index (χ2n) is 4.93. The summed E-state index contributed by atoms with van der Waals surface area (Å²) < 4.78 is 26.9. The molecular weight excluding hydrogens is 308 g/mol. The molecule has 3 N–H and O–H groups in total. The predicted molar refractivity (Wildman–Crippen MR) is 88.1 cm³/mol. The standard InChI is InChI=1S/C15H17ClN2O2S/c1-11(12-5-3-2-4-6-12)10-21(19,20)18-13-7-8-14(16)15(17)9-13/h2-9,11,18H,10,17H2,1H3. The van der Waals surface area contributed by atoms with Gasteiger partial charge in [0.25, 0.3) is 0 Å². The summed E-state index contributed by atoms with van der Waals surface area (Å²) in [4.78, 5) is 0. The summed E-state index contributed by atoms with van der Waals surface area (Å²) in [5.74, 6) is -0.104. The summed E-state index contributed by atoms with van der Waals surface area (Å²) in [5.41, 5.74) is 7.40. The van der Waals surface area contributed by atoms with E-state index in [9.17, 15) is 8.42 Å². The molecule has 0 spiro atoms. The van der Waals surface area contributed by atoms with Gasteiger partial charge in [0.05, 0.1) is 22.2 Å². The molecule has 0 aromatic heterocycles. The number of hydrogen-bond donors (Lipinski definition) is 2. The summed E-state index contributed by atoms with van der Waals surface area (Å²) in [6.45, 7) is 1.88. The Morgan fingerprint density at radius 2 is 1.86 bits per heavy atom. The summed E-state index contributed by atoms with van der Waals surface area (Å²) in [7, 11) is -3.46. The molecule has 1 atom stereocenters. The number of hydrogen-bond acceptors (Lipinski definition) is 3. The molecule has 0 aliphatic rings. The Morgan fingerprint density at radius 1 is 1.19 bits per heavy atom. The molecule has 2 aromatic carbocycles. The average Bonchev–Trinajstić information content (AvgIpc) is 2.43. The van der Waals surface area contributed by atoms with E-state index < -0.39 is 10.0 Å². The molecule has 4 nitrogen and oxygen atoms in total. The van der Waals surface area contributed by atoms with Crippen molar-refractivity contribution in [1.82, 2.24) is 0 Å². The lowest BCUT2D eigenvalue weighted by atomic mass is 10.0. The molecule has 21 heavy (non-hydrogen) atoms. The Labute approximate surface area is 130 Å². The van der Waals surface area contributed by atoms with E-state index in [0.29, 0.717) is 16.4 Å². The quantitative estimate of drug-likeness (QED) is 0.827. The monoisotopic (exact) mass is 324 g/mol. The number of nitrogen functional groups attached to an aromatic ring is 1. The number of halogens is 1. The number of benzene rings is 2.